The quantitative estimate of drug-likeness (QED) is 0.607. The average molecular weight is 381 g/mol. The molecule has 1 aliphatic carbocycles. The minimum atomic E-state index is 0.169. The van der Waals surface area contributed by atoms with Gasteiger partial charge in [-0.25, -0.2) is 9.98 Å². The summed E-state index contributed by atoms with van der Waals surface area (Å²) in [6.07, 6.45) is 6.20. The highest BCUT2D eigenvalue weighted by molar-refractivity contribution is 6.03. The Balaban J connectivity index is 1.96. The molecule has 0 spiro atoms. The third-order valence-corrected chi connectivity index (χ3v) is 6.50. The van der Waals surface area contributed by atoms with Gasteiger partial charge in [-0.15, -0.1) is 0 Å². The van der Waals surface area contributed by atoms with Gasteiger partial charge in [-0.1, -0.05) is 46.4 Å². The van der Waals surface area contributed by atoms with Gasteiger partial charge in [0, 0.05) is 30.9 Å². The van der Waals surface area contributed by atoms with Gasteiger partial charge in [-0.05, 0) is 60.6 Å². The van der Waals surface area contributed by atoms with Crippen molar-refractivity contribution >= 4 is 12.1 Å². The van der Waals surface area contributed by atoms with Crippen LogP contribution >= 0.6 is 0 Å². The second-order valence-electron chi connectivity index (χ2n) is 9.59. The molecule has 1 heterocycles. The molecule has 28 heavy (non-hydrogen) atoms. The molecule has 1 aliphatic heterocycles. The number of rotatable bonds is 3. The molecule has 2 N–H and O–H groups in total. The van der Waals surface area contributed by atoms with Crippen molar-refractivity contribution in [3.63, 3.8) is 0 Å². The molecule has 4 heteroatoms. The molecule has 0 bridgehead atoms. The molecule has 0 atom stereocenters. The van der Waals surface area contributed by atoms with Crippen LogP contribution in [0.15, 0.2) is 40.6 Å². The zero-order valence-electron chi connectivity index (χ0n) is 18.3. The number of nitrogens with two attached hydrogens (primary N) is 1. The lowest BCUT2D eigenvalue weighted by Gasteiger charge is -2.42. The van der Waals surface area contributed by atoms with Gasteiger partial charge in [0.1, 0.15) is 5.82 Å². The number of piperidine rings is 1. The molecule has 1 saturated heterocycles. The van der Waals surface area contributed by atoms with E-state index in [1.54, 1.807) is 0 Å². The van der Waals surface area contributed by atoms with E-state index in [4.69, 9.17) is 10.7 Å². The van der Waals surface area contributed by atoms with Crippen LogP contribution in [0.2, 0.25) is 0 Å². The molecular formula is C24H36N4. The number of likely N-dealkylation sites (tertiary alicyclic amines) is 1. The van der Waals surface area contributed by atoms with Crippen molar-refractivity contribution in [2.75, 3.05) is 13.1 Å². The van der Waals surface area contributed by atoms with Crippen molar-refractivity contribution in [2.24, 2.45) is 15.7 Å². The zero-order chi connectivity index (χ0) is 20.5. The lowest BCUT2D eigenvalue weighted by Crippen LogP contribution is -2.38. The Bertz CT molecular complexity index is 793. The maximum Gasteiger partial charge on any atom is 0.161 e. The predicted molar refractivity (Wildman–Crippen MR) is 120 cm³/mol. The first kappa shape index (κ1) is 20.8. The van der Waals surface area contributed by atoms with Crippen LogP contribution in [-0.2, 0) is 10.8 Å². The fraction of sp³-hybridized carbons (Fsp3) is 0.583. The molecule has 4 nitrogen and oxygen atoms in total. The summed E-state index contributed by atoms with van der Waals surface area (Å²) in [5.74, 6) is 1.52. The number of benzene rings is 1. The predicted octanol–water partition coefficient (Wildman–Crippen LogP) is 4.77. The van der Waals surface area contributed by atoms with Crippen molar-refractivity contribution in [1.29, 1.82) is 0 Å². The van der Waals surface area contributed by atoms with Gasteiger partial charge in [0.15, 0.2) is 5.84 Å². The summed E-state index contributed by atoms with van der Waals surface area (Å²) in [6.45, 7) is 17.4. The lowest BCUT2D eigenvalue weighted by molar-refractivity contribution is 0.263. The number of amidine groups is 1. The van der Waals surface area contributed by atoms with E-state index in [1.807, 2.05) is 13.1 Å². The van der Waals surface area contributed by atoms with Gasteiger partial charge in [-0.3, -0.25) is 0 Å². The van der Waals surface area contributed by atoms with Crippen LogP contribution in [-0.4, -0.2) is 36.1 Å². The van der Waals surface area contributed by atoms with Crippen LogP contribution < -0.4 is 5.73 Å². The largest absolute Gasteiger partial charge is 0.357 e. The zero-order valence-corrected chi connectivity index (χ0v) is 18.3. The topological polar surface area (TPSA) is 54.0 Å². The Morgan fingerprint density at radius 3 is 2.32 bits per heavy atom. The third kappa shape index (κ3) is 4.22. The number of nitrogens with zero attached hydrogens (tertiary/aromatic N) is 3. The van der Waals surface area contributed by atoms with Gasteiger partial charge in [0.2, 0.25) is 0 Å². The Kier molecular flexibility index (Phi) is 5.81. The fourth-order valence-electron chi connectivity index (χ4n) is 4.37. The Morgan fingerprint density at radius 2 is 1.71 bits per heavy atom. The Morgan fingerprint density at radius 1 is 1.11 bits per heavy atom. The molecule has 0 amide bonds. The second-order valence-corrected chi connectivity index (χ2v) is 9.59. The lowest BCUT2D eigenvalue weighted by atomic mass is 9.63. The highest BCUT2D eigenvalue weighted by Crippen LogP contribution is 2.46. The first-order chi connectivity index (χ1) is 13.1. The van der Waals surface area contributed by atoms with Gasteiger partial charge in [0.05, 0.1) is 0 Å². The van der Waals surface area contributed by atoms with Crippen molar-refractivity contribution in [3.8, 4) is 0 Å². The van der Waals surface area contributed by atoms with Crippen LogP contribution in [0.25, 0.3) is 0 Å². The molecule has 1 aromatic carbocycles. The van der Waals surface area contributed by atoms with Gasteiger partial charge < -0.3 is 10.6 Å². The standard InChI is InChI=1S/C24H36N4/c1-7-26-22(27-17(2)28-14-10-19(25)11-15-28)18-8-9-20-21(16-18)24(5,6)13-12-23(20,3)4/h7-9,16,19H,2,10-15,25H2,1,3-6H3/b26-7?,27-22-. The molecular weight excluding hydrogens is 344 g/mol. The number of hydrogen-bond donors (Lipinski definition) is 1. The summed E-state index contributed by atoms with van der Waals surface area (Å²) in [5, 5.41) is 0. The molecule has 0 aromatic heterocycles. The summed E-state index contributed by atoms with van der Waals surface area (Å²) in [7, 11) is 0. The minimum absolute atomic E-state index is 0.169. The van der Waals surface area contributed by atoms with Crippen LogP contribution in [0, 0.1) is 0 Å². The molecule has 0 radical (unpaired) electrons. The smallest absolute Gasteiger partial charge is 0.161 e. The van der Waals surface area contributed by atoms with Crippen molar-refractivity contribution in [3.05, 3.63) is 47.3 Å². The van der Waals surface area contributed by atoms with E-state index in [-0.39, 0.29) is 10.8 Å². The molecule has 0 saturated carbocycles. The van der Waals surface area contributed by atoms with Crippen LogP contribution in [0.3, 0.4) is 0 Å². The Labute approximate surface area is 170 Å². The van der Waals surface area contributed by atoms with Crippen molar-refractivity contribution < 1.29 is 0 Å². The number of fused-ring (bicyclic) bond motifs is 1. The molecule has 1 fully saturated rings. The molecule has 3 rings (SSSR count). The molecule has 0 unspecified atom stereocenters. The Hall–Kier alpha value is -1.94. The van der Waals surface area contributed by atoms with Gasteiger partial charge in [0.25, 0.3) is 0 Å². The third-order valence-electron chi connectivity index (χ3n) is 6.50. The van der Waals surface area contributed by atoms with E-state index in [9.17, 15) is 0 Å². The normalized spacial score (nSPS) is 22.4. The van der Waals surface area contributed by atoms with Crippen molar-refractivity contribution in [2.45, 2.75) is 77.2 Å². The van der Waals surface area contributed by atoms with Crippen molar-refractivity contribution in [1.82, 2.24) is 4.90 Å². The van der Waals surface area contributed by atoms with E-state index < -0.39 is 0 Å². The molecule has 1 aromatic rings. The van der Waals surface area contributed by atoms with Gasteiger partial charge in [-0.2, -0.15) is 0 Å². The first-order valence-electron chi connectivity index (χ1n) is 10.6. The number of aliphatic imine (C=N–C) groups is 2. The summed E-state index contributed by atoms with van der Waals surface area (Å²) >= 11 is 0. The van der Waals surface area contributed by atoms with E-state index in [0.717, 1.165) is 43.2 Å². The minimum Gasteiger partial charge on any atom is -0.357 e. The maximum absolute atomic E-state index is 6.03. The summed E-state index contributed by atoms with van der Waals surface area (Å²) in [4.78, 5) is 11.6. The van der Waals surface area contributed by atoms with Gasteiger partial charge >= 0.3 is 0 Å². The van der Waals surface area contributed by atoms with Crippen LogP contribution in [0.5, 0.6) is 0 Å². The average Bonchev–Trinajstić information content (AvgIpc) is 2.65. The molecule has 2 aliphatic rings. The van der Waals surface area contributed by atoms with Crippen LogP contribution in [0.1, 0.15) is 77.0 Å². The number of hydrogen-bond acceptors (Lipinski definition) is 3. The van der Waals surface area contributed by atoms with E-state index >= 15 is 0 Å². The molecule has 152 valence electrons. The maximum atomic E-state index is 6.03. The monoisotopic (exact) mass is 380 g/mol. The van der Waals surface area contributed by atoms with E-state index in [2.05, 4.69) is 62.4 Å². The highest BCUT2D eigenvalue weighted by Gasteiger charge is 2.37. The fourth-order valence-corrected chi connectivity index (χ4v) is 4.37. The SMILES string of the molecule is C=C(/N=C(\N=CC)c1ccc2c(c1)C(C)(C)CCC2(C)C)N1CCC(N)CC1. The summed E-state index contributed by atoms with van der Waals surface area (Å²) in [5.41, 5.74) is 10.4. The highest BCUT2D eigenvalue weighted by atomic mass is 15.2. The first-order valence-corrected chi connectivity index (χ1v) is 10.6. The van der Waals surface area contributed by atoms with E-state index in [1.165, 1.54) is 24.0 Å². The van der Waals surface area contributed by atoms with E-state index in [0.29, 0.717) is 6.04 Å². The van der Waals surface area contributed by atoms with Crippen LogP contribution in [0.4, 0.5) is 0 Å². The second kappa shape index (κ2) is 7.82. The summed E-state index contributed by atoms with van der Waals surface area (Å²) in [6, 6.07) is 7.07. The summed E-state index contributed by atoms with van der Waals surface area (Å²) < 4.78 is 0.